The smallest absolute Gasteiger partial charge is 0.137 e. The van der Waals surface area contributed by atoms with Gasteiger partial charge in [0.05, 0.1) is 11.6 Å². The molecule has 0 spiro atoms. The van der Waals surface area contributed by atoms with Crippen molar-refractivity contribution in [2.24, 2.45) is 0 Å². The van der Waals surface area contributed by atoms with Crippen molar-refractivity contribution >= 4 is 22.4 Å². The van der Waals surface area contributed by atoms with Gasteiger partial charge in [0.25, 0.3) is 0 Å². The summed E-state index contributed by atoms with van der Waals surface area (Å²) in [5.74, 6) is 0.805. The Hall–Kier alpha value is -2.69. The summed E-state index contributed by atoms with van der Waals surface area (Å²) in [5, 5.41) is 4.36. The summed E-state index contributed by atoms with van der Waals surface area (Å²) in [7, 11) is 0. The number of aromatic nitrogens is 3. The van der Waals surface area contributed by atoms with Crippen LogP contribution in [0.5, 0.6) is 0 Å². The zero-order valence-corrected chi connectivity index (χ0v) is 11.1. The van der Waals surface area contributed by atoms with E-state index in [0.29, 0.717) is 5.69 Å². The number of nitrogens with zero attached hydrogens (tertiary/aromatic N) is 3. The van der Waals surface area contributed by atoms with Crippen molar-refractivity contribution in [3.63, 3.8) is 0 Å². The Morgan fingerprint density at radius 1 is 1.10 bits per heavy atom. The molecule has 0 saturated carbocycles. The Bertz CT molecular complexity index is 727. The predicted molar refractivity (Wildman–Crippen MR) is 80.2 cm³/mol. The fourth-order valence-electron chi connectivity index (χ4n) is 2.13. The molecular formula is C15H15N5. The first-order valence-electron chi connectivity index (χ1n) is 6.41. The van der Waals surface area contributed by atoms with E-state index in [1.165, 1.54) is 0 Å². The van der Waals surface area contributed by atoms with Crippen LogP contribution in [0.4, 0.5) is 11.5 Å². The lowest BCUT2D eigenvalue weighted by Crippen LogP contribution is -2.08. The van der Waals surface area contributed by atoms with Crippen LogP contribution in [-0.4, -0.2) is 15.0 Å². The van der Waals surface area contributed by atoms with Gasteiger partial charge in [-0.2, -0.15) is 0 Å². The molecule has 5 nitrogen and oxygen atoms in total. The van der Waals surface area contributed by atoms with E-state index < -0.39 is 0 Å². The highest BCUT2D eigenvalue weighted by atomic mass is 15.0. The number of anilines is 2. The molecule has 20 heavy (non-hydrogen) atoms. The summed E-state index contributed by atoms with van der Waals surface area (Å²) in [6.07, 6.45) is 5.11. The molecule has 0 aliphatic rings. The Morgan fingerprint density at radius 3 is 2.70 bits per heavy atom. The molecule has 1 unspecified atom stereocenters. The molecule has 3 N–H and O–H groups in total. The standard InChI is InChI=1S/C15H15N5/c1-10(11-4-6-17-7-5-11)20-15-13-3-2-12(16)8-14(13)18-9-19-15/h2-10H,16H2,1H3,(H,18,19,20). The van der Waals surface area contributed by atoms with E-state index >= 15 is 0 Å². The van der Waals surface area contributed by atoms with E-state index in [1.54, 1.807) is 18.7 Å². The minimum atomic E-state index is 0.133. The van der Waals surface area contributed by atoms with Crippen LogP contribution in [0, 0.1) is 0 Å². The first-order chi connectivity index (χ1) is 9.74. The maximum Gasteiger partial charge on any atom is 0.137 e. The Morgan fingerprint density at radius 2 is 1.90 bits per heavy atom. The minimum Gasteiger partial charge on any atom is -0.399 e. The highest BCUT2D eigenvalue weighted by Gasteiger charge is 2.09. The van der Waals surface area contributed by atoms with E-state index in [-0.39, 0.29) is 6.04 Å². The maximum atomic E-state index is 5.78. The van der Waals surface area contributed by atoms with Crippen LogP contribution in [-0.2, 0) is 0 Å². The van der Waals surface area contributed by atoms with E-state index in [0.717, 1.165) is 22.3 Å². The third-order valence-electron chi connectivity index (χ3n) is 3.22. The molecule has 0 bridgehead atoms. The van der Waals surface area contributed by atoms with Crippen molar-refractivity contribution in [3.8, 4) is 0 Å². The second-order valence-electron chi connectivity index (χ2n) is 4.65. The Balaban J connectivity index is 1.95. The molecule has 5 heteroatoms. The average Bonchev–Trinajstić information content (AvgIpc) is 2.48. The third-order valence-corrected chi connectivity index (χ3v) is 3.22. The van der Waals surface area contributed by atoms with E-state index in [2.05, 4.69) is 27.2 Å². The van der Waals surface area contributed by atoms with Crippen LogP contribution >= 0.6 is 0 Å². The van der Waals surface area contributed by atoms with Crippen LogP contribution in [0.2, 0.25) is 0 Å². The number of hydrogen-bond acceptors (Lipinski definition) is 5. The van der Waals surface area contributed by atoms with Crippen LogP contribution in [0.1, 0.15) is 18.5 Å². The molecule has 2 aromatic heterocycles. The van der Waals surface area contributed by atoms with Crippen LogP contribution in [0.25, 0.3) is 10.9 Å². The summed E-state index contributed by atoms with van der Waals surface area (Å²) in [5.41, 5.74) is 8.47. The zero-order valence-electron chi connectivity index (χ0n) is 11.1. The minimum absolute atomic E-state index is 0.133. The molecule has 1 aromatic carbocycles. The number of rotatable bonds is 3. The van der Waals surface area contributed by atoms with Gasteiger partial charge >= 0.3 is 0 Å². The van der Waals surface area contributed by atoms with E-state index in [1.807, 2.05) is 30.3 Å². The first kappa shape index (κ1) is 12.3. The summed E-state index contributed by atoms with van der Waals surface area (Å²) in [6, 6.07) is 9.74. The van der Waals surface area contributed by atoms with Gasteiger partial charge in [-0.15, -0.1) is 0 Å². The lowest BCUT2D eigenvalue weighted by atomic mass is 10.1. The number of pyridine rings is 1. The molecule has 100 valence electrons. The second-order valence-corrected chi connectivity index (χ2v) is 4.65. The van der Waals surface area contributed by atoms with Gasteiger partial charge in [0.1, 0.15) is 12.1 Å². The van der Waals surface area contributed by atoms with E-state index in [9.17, 15) is 0 Å². The summed E-state index contributed by atoms with van der Waals surface area (Å²) >= 11 is 0. The number of hydrogen-bond donors (Lipinski definition) is 2. The number of fused-ring (bicyclic) bond motifs is 1. The van der Waals surface area contributed by atoms with Gasteiger partial charge in [-0.05, 0) is 42.8 Å². The van der Waals surface area contributed by atoms with Gasteiger partial charge in [0.15, 0.2) is 0 Å². The van der Waals surface area contributed by atoms with Crippen LogP contribution < -0.4 is 11.1 Å². The van der Waals surface area contributed by atoms with Crippen molar-refractivity contribution in [1.82, 2.24) is 15.0 Å². The normalized spacial score (nSPS) is 12.2. The summed E-state index contributed by atoms with van der Waals surface area (Å²) in [4.78, 5) is 12.6. The SMILES string of the molecule is CC(Nc1ncnc2cc(N)ccc12)c1ccncc1. The molecule has 1 atom stereocenters. The van der Waals surface area contributed by atoms with Gasteiger partial charge in [0.2, 0.25) is 0 Å². The topological polar surface area (TPSA) is 76.7 Å². The number of benzene rings is 1. The molecule has 3 rings (SSSR count). The monoisotopic (exact) mass is 265 g/mol. The summed E-state index contributed by atoms with van der Waals surface area (Å²) < 4.78 is 0. The molecule has 0 radical (unpaired) electrons. The second kappa shape index (κ2) is 5.13. The Kier molecular flexibility index (Phi) is 3.16. The quantitative estimate of drug-likeness (QED) is 0.712. The predicted octanol–water partition coefficient (Wildman–Crippen LogP) is 2.78. The maximum absolute atomic E-state index is 5.78. The lowest BCUT2D eigenvalue weighted by molar-refractivity contribution is 0.872. The van der Waals surface area contributed by atoms with Crippen LogP contribution in [0.15, 0.2) is 49.1 Å². The highest BCUT2D eigenvalue weighted by Crippen LogP contribution is 2.24. The third kappa shape index (κ3) is 2.38. The highest BCUT2D eigenvalue weighted by molar-refractivity contribution is 5.90. The molecule has 0 aliphatic carbocycles. The van der Waals surface area contributed by atoms with Crippen molar-refractivity contribution in [2.75, 3.05) is 11.1 Å². The molecule has 0 saturated heterocycles. The van der Waals surface area contributed by atoms with Gasteiger partial charge in [-0.25, -0.2) is 9.97 Å². The van der Waals surface area contributed by atoms with Crippen molar-refractivity contribution in [1.29, 1.82) is 0 Å². The fourth-order valence-corrected chi connectivity index (χ4v) is 2.13. The molecule has 0 aliphatic heterocycles. The number of nitrogen functional groups attached to an aromatic ring is 1. The molecule has 0 fully saturated rings. The van der Waals surface area contributed by atoms with Crippen LogP contribution in [0.3, 0.4) is 0 Å². The van der Waals surface area contributed by atoms with Gasteiger partial charge in [-0.1, -0.05) is 0 Å². The molecular weight excluding hydrogens is 250 g/mol. The van der Waals surface area contributed by atoms with Crippen molar-refractivity contribution < 1.29 is 0 Å². The van der Waals surface area contributed by atoms with Crippen molar-refractivity contribution in [2.45, 2.75) is 13.0 Å². The van der Waals surface area contributed by atoms with Gasteiger partial charge < -0.3 is 11.1 Å². The largest absolute Gasteiger partial charge is 0.399 e. The molecule has 2 heterocycles. The number of nitrogens with one attached hydrogen (secondary N) is 1. The van der Waals surface area contributed by atoms with Gasteiger partial charge in [-0.3, -0.25) is 4.98 Å². The molecule has 3 aromatic rings. The average molecular weight is 265 g/mol. The number of nitrogens with two attached hydrogens (primary N) is 1. The van der Waals surface area contributed by atoms with Gasteiger partial charge in [0, 0.05) is 23.5 Å². The fraction of sp³-hybridized carbons (Fsp3) is 0.133. The summed E-state index contributed by atoms with van der Waals surface area (Å²) in [6.45, 7) is 2.08. The molecule has 0 amide bonds. The first-order valence-corrected chi connectivity index (χ1v) is 6.41. The van der Waals surface area contributed by atoms with E-state index in [4.69, 9.17) is 5.73 Å². The Labute approximate surface area is 116 Å². The zero-order chi connectivity index (χ0) is 13.9. The van der Waals surface area contributed by atoms with Crippen molar-refractivity contribution in [3.05, 3.63) is 54.6 Å². The lowest BCUT2D eigenvalue weighted by Gasteiger charge is -2.16.